The Bertz CT molecular complexity index is 2030. The van der Waals surface area contributed by atoms with E-state index >= 15 is 0 Å². The van der Waals surface area contributed by atoms with Gasteiger partial charge in [-0.05, 0) is 49.1 Å². The number of ether oxygens (including phenoxy) is 2. The Kier molecular flexibility index (Phi) is 12.1. The average Bonchev–Trinajstić information content (AvgIpc) is 4.04. The number of hydrogen-bond donors (Lipinski definition) is 6. The lowest BCUT2D eigenvalue weighted by molar-refractivity contribution is -0.136. The minimum absolute atomic E-state index is 0.137. The van der Waals surface area contributed by atoms with Crippen molar-refractivity contribution in [3.63, 3.8) is 0 Å². The van der Waals surface area contributed by atoms with Crippen molar-refractivity contribution in [1.29, 1.82) is 0 Å². The van der Waals surface area contributed by atoms with Gasteiger partial charge in [-0.3, -0.25) is 14.4 Å². The molecule has 2 aliphatic heterocycles. The Morgan fingerprint density at radius 1 is 0.750 bits per heavy atom. The van der Waals surface area contributed by atoms with Gasteiger partial charge in [0, 0.05) is 24.8 Å². The molecule has 0 aliphatic carbocycles. The number of nitrogens with one attached hydrogen (secondary N) is 6. The van der Waals surface area contributed by atoms with E-state index in [-0.39, 0.29) is 41.5 Å². The molecular weight excluding hydrogens is 720 g/mol. The number of benzene rings is 1. The lowest BCUT2D eigenvalue weighted by Crippen LogP contribution is -2.51. The van der Waals surface area contributed by atoms with Crippen LogP contribution in [-0.2, 0) is 19.1 Å². The van der Waals surface area contributed by atoms with E-state index in [1.54, 1.807) is 46.6 Å². The fraction of sp³-hybridized carbons (Fsp3) is 0.462. The first-order valence-electron chi connectivity index (χ1n) is 18.9. The second-order valence-corrected chi connectivity index (χ2v) is 14.8. The summed E-state index contributed by atoms with van der Waals surface area (Å²) in [6.45, 7) is 8.57. The molecule has 6 rings (SSSR count). The molecule has 0 saturated carbocycles. The Morgan fingerprint density at radius 2 is 1.29 bits per heavy atom. The molecule has 17 nitrogen and oxygen atoms in total. The highest BCUT2D eigenvalue weighted by atomic mass is 16.5. The van der Waals surface area contributed by atoms with E-state index in [1.807, 2.05) is 39.8 Å². The van der Waals surface area contributed by atoms with Gasteiger partial charge in [0.05, 0.1) is 50.1 Å². The first kappa shape index (κ1) is 39.6. The highest BCUT2D eigenvalue weighted by Crippen LogP contribution is 2.34. The van der Waals surface area contributed by atoms with E-state index in [2.05, 4.69) is 40.9 Å². The van der Waals surface area contributed by atoms with Crippen molar-refractivity contribution in [3.05, 3.63) is 71.8 Å². The number of aromatic nitrogens is 5. The third kappa shape index (κ3) is 8.40. The minimum Gasteiger partial charge on any atom is -0.453 e. The molecule has 5 heterocycles. The molecule has 4 amide bonds. The smallest absolute Gasteiger partial charge is 0.407 e. The number of anilines is 2. The highest BCUT2D eigenvalue weighted by Gasteiger charge is 2.39. The predicted molar refractivity (Wildman–Crippen MR) is 206 cm³/mol. The summed E-state index contributed by atoms with van der Waals surface area (Å²) in [6, 6.07) is 6.91. The fourth-order valence-corrected chi connectivity index (χ4v) is 7.36. The maximum atomic E-state index is 13.7. The van der Waals surface area contributed by atoms with Gasteiger partial charge in [0.15, 0.2) is 0 Å². The maximum Gasteiger partial charge on any atom is 0.407 e. The first-order valence-corrected chi connectivity index (χ1v) is 18.9. The van der Waals surface area contributed by atoms with Crippen LogP contribution in [-0.4, -0.2) is 104 Å². The van der Waals surface area contributed by atoms with Gasteiger partial charge >= 0.3 is 12.2 Å². The number of aromatic amines is 3. The summed E-state index contributed by atoms with van der Waals surface area (Å²) in [4.78, 5) is 87.0. The van der Waals surface area contributed by atoms with Crippen LogP contribution < -0.4 is 16.0 Å². The number of hydrogen-bond acceptors (Lipinski definition) is 10. The number of carbonyl (C=O) groups excluding carboxylic acids is 5. The first-order chi connectivity index (χ1) is 26.9. The summed E-state index contributed by atoms with van der Waals surface area (Å²) in [6.07, 6.45) is 6.74. The molecule has 4 unspecified atom stereocenters. The van der Waals surface area contributed by atoms with E-state index in [0.29, 0.717) is 53.9 Å². The van der Waals surface area contributed by atoms with E-state index in [1.165, 1.54) is 14.2 Å². The normalized spacial score (nSPS) is 17.9. The van der Waals surface area contributed by atoms with Gasteiger partial charge in [-0.25, -0.2) is 19.6 Å². The van der Waals surface area contributed by atoms with Gasteiger partial charge in [-0.15, -0.1) is 0 Å². The van der Waals surface area contributed by atoms with Crippen molar-refractivity contribution in [2.45, 2.75) is 77.5 Å². The molecular formula is C39H50N10O7. The monoisotopic (exact) mass is 770 g/mol. The van der Waals surface area contributed by atoms with E-state index in [0.717, 1.165) is 30.5 Å². The summed E-state index contributed by atoms with van der Waals surface area (Å²) in [5, 5.41) is 8.58. The number of H-pyrrole nitrogens is 3. The highest BCUT2D eigenvalue weighted by molar-refractivity contribution is 6.11. The molecule has 1 aromatic carbocycles. The Balaban J connectivity index is 1.11. The van der Waals surface area contributed by atoms with Crippen molar-refractivity contribution in [2.75, 3.05) is 32.6 Å². The summed E-state index contributed by atoms with van der Waals surface area (Å²) in [5.74, 6) is 0.911. The van der Waals surface area contributed by atoms with Crippen LogP contribution in [0.2, 0.25) is 0 Å². The van der Waals surface area contributed by atoms with Crippen molar-refractivity contribution < 1.29 is 33.4 Å². The maximum absolute atomic E-state index is 13.7. The van der Waals surface area contributed by atoms with Gasteiger partial charge in [-0.1, -0.05) is 52.0 Å². The van der Waals surface area contributed by atoms with Crippen LogP contribution in [0.4, 0.5) is 21.1 Å². The molecule has 2 saturated heterocycles. The molecule has 0 spiro atoms. The lowest BCUT2D eigenvalue weighted by atomic mass is 10.0. The Labute approximate surface area is 324 Å². The second kappa shape index (κ2) is 17.1. The van der Waals surface area contributed by atoms with Crippen LogP contribution in [0.1, 0.15) is 93.2 Å². The molecule has 2 fully saturated rings. The molecule has 17 heteroatoms. The SMILES string of the molecule is COC(=O)NC(C(=O)N1CCCC1c1ncc(Nc2cc[nH]c2C(=O)c2ccc(-c3cnc(C4CCCN4C(=O)C(NC(=O)OC)C(C)C)[nH]3)cc2)[nH]1)C(C)C. The Morgan fingerprint density at radius 3 is 1.82 bits per heavy atom. The van der Waals surface area contributed by atoms with Gasteiger partial charge in [0.2, 0.25) is 17.6 Å². The molecule has 4 aromatic rings. The topological polar surface area (TPSA) is 220 Å². The van der Waals surface area contributed by atoms with Crippen molar-refractivity contribution in [2.24, 2.45) is 11.8 Å². The number of likely N-dealkylation sites (tertiary alicyclic amines) is 2. The standard InChI is InChI=1S/C39H50N10O7/c1-21(2)30(46-38(53)55-5)36(51)48-17-7-9-27(48)34-41-19-26(44-34)23-11-13-24(14-12-23)33(50)32-25(15-16-40-32)43-29-20-42-35(45-29)28-10-8-18-49(28)37(52)31(22(3)4)47-39(54)56-6/h11-16,19-22,27-28,30-31,40,43H,7-10,17-18H2,1-6H3,(H,41,44)(H,42,45)(H,46,53)(H,47,54). The second-order valence-electron chi connectivity index (χ2n) is 14.8. The molecule has 4 atom stereocenters. The molecule has 6 N–H and O–H groups in total. The lowest BCUT2D eigenvalue weighted by Gasteiger charge is -2.30. The summed E-state index contributed by atoms with van der Waals surface area (Å²) >= 11 is 0. The van der Waals surface area contributed by atoms with E-state index < -0.39 is 24.3 Å². The largest absolute Gasteiger partial charge is 0.453 e. The third-order valence-corrected chi connectivity index (χ3v) is 10.4. The zero-order valence-electron chi connectivity index (χ0n) is 32.5. The van der Waals surface area contributed by atoms with Crippen molar-refractivity contribution in [3.8, 4) is 11.3 Å². The number of ketones is 1. The average molecular weight is 771 g/mol. The Hall–Kier alpha value is -6.13. The fourth-order valence-electron chi connectivity index (χ4n) is 7.36. The van der Waals surface area contributed by atoms with E-state index in [9.17, 15) is 24.0 Å². The number of imidazole rings is 2. The number of nitrogens with zero attached hydrogens (tertiary/aromatic N) is 4. The number of rotatable bonds is 13. The zero-order chi connectivity index (χ0) is 40.1. The third-order valence-electron chi connectivity index (χ3n) is 10.4. The van der Waals surface area contributed by atoms with Crippen LogP contribution in [0.15, 0.2) is 48.9 Å². The number of alkyl carbamates (subject to hydrolysis) is 2. The molecule has 298 valence electrons. The van der Waals surface area contributed by atoms with Crippen LogP contribution in [0.5, 0.6) is 0 Å². The van der Waals surface area contributed by atoms with Gasteiger partial charge in [0.1, 0.15) is 35.2 Å². The van der Waals surface area contributed by atoms with Gasteiger partial charge in [0.25, 0.3) is 0 Å². The number of amides is 4. The van der Waals surface area contributed by atoms with Crippen molar-refractivity contribution >= 4 is 41.3 Å². The van der Waals surface area contributed by atoms with Crippen LogP contribution in [0, 0.1) is 11.8 Å². The van der Waals surface area contributed by atoms with Crippen molar-refractivity contribution in [1.82, 2.24) is 45.4 Å². The van der Waals surface area contributed by atoms with Gasteiger partial charge in [-0.2, -0.15) is 0 Å². The minimum atomic E-state index is -0.739. The van der Waals surface area contributed by atoms with Gasteiger partial charge < -0.3 is 50.2 Å². The molecule has 0 radical (unpaired) electrons. The summed E-state index contributed by atoms with van der Waals surface area (Å²) in [7, 11) is 2.53. The van der Waals surface area contributed by atoms with Crippen LogP contribution in [0.25, 0.3) is 11.3 Å². The quantitative estimate of drug-likeness (QED) is 0.0978. The molecule has 0 bridgehead atoms. The van der Waals surface area contributed by atoms with E-state index in [4.69, 9.17) is 9.47 Å². The van der Waals surface area contributed by atoms with Crippen LogP contribution in [0.3, 0.4) is 0 Å². The summed E-state index contributed by atoms with van der Waals surface area (Å²) in [5.41, 5.74) is 2.93. The molecule has 2 aliphatic rings. The predicted octanol–water partition coefficient (Wildman–Crippen LogP) is 5.19. The number of methoxy groups -OCH3 is 2. The molecule has 3 aromatic heterocycles. The number of carbonyl (C=O) groups is 5. The summed E-state index contributed by atoms with van der Waals surface area (Å²) < 4.78 is 9.47. The zero-order valence-corrected chi connectivity index (χ0v) is 32.5. The van der Waals surface area contributed by atoms with Crippen LogP contribution >= 0.6 is 0 Å². The molecule has 56 heavy (non-hydrogen) atoms.